The van der Waals surface area contributed by atoms with Crippen molar-refractivity contribution >= 4 is 11.6 Å². The summed E-state index contributed by atoms with van der Waals surface area (Å²) in [7, 11) is 1.72. The first-order chi connectivity index (χ1) is 7.72. The molecule has 0 amide bonds. The first-order valence-corrected chi connectivity index (χ1v) is 6.15. The standard InChI is InChI=1S/C13H18ClNO/c1-9-11(8-10-4-3-7-15-10)13(16-2)6-5-12(9)14/h5-6,10,15H,3-4,7-8H2,1-2H3. The van der Waals surface area contributed by atoms with Crippen LogP contribution >= 0.6 is 11.6 Å². The number of benzene rings is 1. The summed E-state index contributed by atoms with van der Waals surface area (Å²) >= 11 is 6.15. The lowest BCUT2D eigenvalue weighted by molar-refractivity contribution is 0.406. The monoisotopic (exact) mass is 239 g/mol. The second-order valence-corrected chi connectivity index (χ2v) is 4.76. The third kappa shape index (κ3) is 2.33. The van der Waals surface area contributed by atoms with Crippen molar-refractivity contribution in [3.63, 3.8) is 0 Å². The molecule has 0 aromatic heterocycles. The van der Waals surface area contributed by atoms with Crippen LogP contribution in [0.1, 0.15) is 24.0 Å². The Morgan fingerprint density at radius 1 is 1.50 bits per heavy atom. The van der Waals surface area contributed by atoms with E-state index in [9.17, 15) is 0 Å². The van der Waals surface area contributed by atoms with E-state index in [-0.39, 0.29) is 0 Å². The number of rotatable bonds is 3. The molecule has 1 N–H and O–H groups in total. The number of methoxy groups -OCH3 is 1. The van der Waals surface area contributed by atoms with E-state index >= 15 is 0 Å². The highest BCUT2D eigenvalue weighted by atomic mass is 35.5. The summed E-state index contributed by atoms with van der Waals surface area (Å²) in [6.07, 6.45) is 3.53. The van der Waals surface area contributed by atoms with Crippen LogP contribution < -0.4 is 10.1 Å². The predicted octanol–water partition coefficient (Wildman–Crippen LogP) is 2.95. The molecule has 1 saturated heterocycles. The van der Waals surface area contributed by atoms with E-state index in [1.165, 1.54) is 18.4 Å². The van der Waals surface area contributed by atoms with Gasteiger partial charge in [-0.3, -0.25) is 0 Å². The van der Waals surface area contributed by atoms with Crippen LogP contribution in [0.2, 0.25) is 5.02 Å². The van der Waals surface area contributed by atoms with E-state index in [4.69, 9.17) is 16.3 Å². The van der Waals surface area contributed by atoms with E-state index in [0.717, 1.165) is 29.3 Å². The Bertz CT molecular complexity index is 372. The van der Waals surface area contributed by atoms with E-state index in [2.05, 4.69) is 12.2 Å². The Kier molecular flexibility index (Phi) is 3.72. The Hall–Kier alpha value is -0.730. The lowest BCUT2D eigenvalue weighted by Crippen LogP contribution is -2.24. The van der Waals surface area contributed by atoms with Crippen molar-refractivity contribution in [1.29, 1.82) is 0 Å². The molecule has 1 fully saturated rings. The zero-order chi connectivity index (χ0) is 11.5. The number of hydrogen-bond donors (Lipinski definition) is 1. The fraction of sp³-hybridized carbons (Fsp3) is 0.538. The van der Waals surface area contributed by atoms with Gasteiger partial charge in [-0.05, 0) is 50.4 Å². The molecule has 3 heteroatoms. The summed E-state index contributed by atoms with van der Waals surface area (Å²) in [6.45, 7) is 3.20. The summed E-state index contributed by atoms with van der Waals surface area (Å²) in [5, 5.41) is 4.33. The molecule has 1 aromatic carbocycles. The summed E-state index contributed by atoms with van der Waals surface area (Å²) in [5.74, 6) is 0.954. The highest BCUT2D eigenvalue weighted by molar-refractivity contribution is 6.31. The predicted molar refractivity (Wildman–Crippen MR) is 67.5 cm³/mol. The first kappa shape index (κ1) is 11.7. The van der Waals surface area contributed by atoms with Crippen LogP contribution in [-0.2, 0) is 6.42 Å². The van der Waals surface area contributed by atoms with Crippen molar-refractivity contribution < 1.29 is 4.74 Å². The Morgan fingerprint density at radius 3 is 2.94 bits per heavy atom. The maximum Gasteiger partial charge on any atom is 0.122 e. The molecule has 0 bridgehead atoms. The number of hydrogen-bond acceptors (Lipinski definition) is 2. The molecule has 0 saturated carbocycles. The maximum atomic E-state index is 6.15. The van der Waals surface area contributed by atoms with Crippen LogP contribution in [-0.4, -0.2) is 19.7 Å². The minimum absolute atomic E-state index is 0.575. The van der Waals surface area contributed by atoms with Gasteiger partial charge in [0.05, 0.1) is 7.11 Å². The Labute approximate surface area is 102 Å². The van der Waals surface area contributed by atoms with Gasteiger partial charge in [-0.25, -0.2) is 0 Å². The summed E-state index contributed by atoms with van der Waals surface area (Å²) in [5.41, 5.74) is 2.39. The minimum atomic E-state index is 0.575. The summed E-state index contributed by atoms with van der Waals surface area (Å²) < 4.78 is 5.41. The maximum absolute atomic E-state index is 6.15. The zero-order valence-electron chi connectivity index (χ0n) is 9.85. The first-order valence-electron chi connectivity index (χ1n) is 5.77. The molecule has 1 unspecified atom stereocenters. The van der Waals surface area contributed by atoms with Gasteiger partial charge in [0.15, 0.2) is 0 Å². The van der Waals surface area contributed by atoms with Gasteiger partial charge < -0.3 is 10.1 Å². The zero-order valence-corrected chi connectivity index (χ0v) is 10.6. The lowest BCUT2D eigenvalue weighted by atomic mass is 9.99. The number of ether oxygens (including phenoxy) is 1. The highest BCUT2D eigenvalue weighted by Crippen LogP contribution is 2.30. The van der Waals surface area contributed by atoms with Crippen molar-refractivity contribution in [3.8, 4) is 5.75 Å². The molecule has 2 rings (SSSR count). The van der Waals surface area contributed by atoms with Crippen LogP contribution in [0.5, 0.6) is 5.75 Å². The number of halogens is 1. The van der Waals surface area contributed by atoms with E-state index in [1.54, 1.807) is 7.11 Å². The van der Waals surface area contributed by atoms with Gasteiger partial charge in [0.25, 0.3) is 0 Å². The van der Waals surface area contributed by atoms with E-state index < -0.39 is 0 Å². The molecule has 1 heterocycles. The molecule has 0 aliphatic carbocycles. The SMILES string of the molecule is COc1ccc(Cl)c(C)c1CC1CCCN1. The van der Waals surface area contributed by atoms with Crippen molar-refractivity contribution in [2.75, 3.05) is 13.7 Å². The van der Waals surface area contributed by atoms with E-state index in [1.807, 2.05) is 12.1 Å². The van der Waals surface area contributed by atoms with E-state index in [0.29, 0.717) is 6.04 Å². The summed E-state index contributed by atoms with van der Waals surface area (Å²) in [4.78, 5) is 0. The van der Waals surface area contributed by atoms with Gasteiger partial charge in [-0.2, -0.15) is 0 Å². The average molecular weight is 240 g/mol. The molecule has 88 valence electrons. The van der Waals surface area contributed by atoms with Gasteiger partial charge in [0.1, 0.15) is 5.75 Å². The topological polar surface area (TPSA) is 21.3 Å². The van der Waals surface area contributed by atoms with Crippen LogP contribution in [0.4, 0.5) is 0 Å². The quantitative estimate of drug-likeness (QED) is 0.876. The fourth-order valence-corrected chi connectivity index (χ4v) is 2.50. The highest BCUT2D eigenvalue weighted by Gasteiger charge is 2.18. The second-order valence-electron chi connectivity index (χ2n) is 4.35. The van der Waals surface area contributed by atoms with Crippen LogP contribution in [0.3, 0.4) is 0 Å². The molecule has 1 aliphatic rings. The van der Waals surface area contributed by atoms with Crippen LogP contribution in [0, 0.1) is 6.92 Å². The Morgan fingerprint density at radius 2 is 2.31 bits per heavy atom. The van der Waals surface area contributed by atoms with Crippen LogP contribution in [0.15, 0.2) is 12.1 Å². The van der Waals surface area contributed by atoms with Crippen molar-refractivity contribution in [3.05, 3.63) is 28.3 Å². The minimum Gasteiger partial charge on any atom is -0.496 e. The smallest absolute Gasteiger partial charge is 0.122 e. The third-order valence-corrected chi connectivity index (χ3v) is 3.73. The molecule has 0 radical (unpaired) electrons. The second kappa shape index (κ2) is 5.07. The van der Waals surface area contributed by atoms with Gasteiger partial charge in [0, 0.05) is 16.6 Å². The van der Waals surface area contributed by atoms with Gasteiger partial charge >= 0.3 is 0 Å². The normalized spacial score (nSPS) is 20.1. The Balaban J connectivity index is 2.25. The third-order valence-electron chi connectivity index (χ3n) is 3.32. The molecule has 0 spiro atoms. The molecule has 1 aromatic rings. The molecular formula is C13H18ClNO. The molecule has 1 aliphatic heterocycles. The largest absolute Gasteiger partial charge is 0.496 e. The van der Waals surface area contributed by atoms with Crippen LogP contribution in [0.25, 0.3) is 0 Å². The van der Waals surface area contributed by atoms with Crippen molar-refractivity contribution in [2.24, 2.45) is 0 Å². The van der Waals surface area contributed by atoms with Gasteiger partial charge in [0.2, 0.25) is 0 Å². The molecule has 2 nitrogen and oxygen atoms in total. The summed E-state index contributed by atoms with van der Waals surface area (Å²) in [6, 6.07) is 4.44. The van der Waals surface area contributed by atoms with Crippen molar-refractivity contribution in [2.45, 2.75) is 32.2 Å². The van der Waals surface area contributed by atoms with Gasteiger partial charge in [-0.1, -0.05) is 11.6 Å². The number of nitrogens with one attached hydrogen (secondary N) is 1. The molecule has 1 atom stereocenters. The fourth-order valence-electron chi connectivity index (χ4n) is 2.33. The van der Waals surface area contributed by atoms with Crippen molar-refractivity contribution in [1.82, 2.24) is 5.32 Å². The molecular weight excluding hydrogens is 222 g/mol. The molecule has 16 heavy (non-hydrogen) atoms. The van der Waals surface area contributed by atoms with Gasteiger partial charge in [-0.15, -0.1) is 0 Å². The lowest BCUT2D eigenvalue weighted by Gasteiger charge is -2.16. The average Bonchev–Trinajstić information content (AvgIpc) is 2.78.